The van der Waals surface area contributed by atoms with Gasteiger partial charge in [-0.05, 0) is 24.8 Å². The summed E-state index contributed by atoms with van der Waals surface area (Å²) >= 11 is 0. The molecule has 0 fully saturated rings. The van der Waals surface area contributed by atoms with Crippen molar-refractivity contribution in [1.82, 2.24) is 0 Å². The quantitative estimate of drug-likeness (QED) is 0.607. The Hall–Kier alpha value is -0.590. The summed E-state index contributed by atoms with van der Waals surface area (Å²) in [7, 11) is 0. The topological polar surface area (TPSA) is 17.1 Å². The summed E-state index contributed by atoms with van der Waals surface area (Å²) < 4.78 is 0. The maximum atomic E-state index is 10.8. The smallest absolute Gasteiger partial charge is 0.155 e. The molecule has 0 unspecified atom stereocenters. The molecule has 0 saturated carbocycles. The summed E-state index contributed by atoms with van der Waals surface area (Å²) in [6.45, 7) is 4.44. The number of carbonyl (C=O) groups excluding carboxylic acids is 1. The molecule has 0 radical (unpaired) electrons. The zero-order chi connectivity index (χ0) is 8.27. The fraction of sp³-hybridized carbons (Fsp3) is 0.700. The first-order valence-corrected chi connectivity index (χ1v) is 4.44. The first-order chi connectivity index (χ1) is 5.22. The number of allylic oxidation sites excluding steroid dienone is 2. The normalized spacial score (nSPS) is 20.2. The minimum Gasteiger partial charge on any atom is -0.295 e. The molecule has 0 bridgehead atoms. The lowest BCUT2D eigenvalue weighted by molar-refractivity contribution is -0.114. The maximum absolute atomic E-state index is 10.8. The molecular formula is C10H16O. The number of hydrogen-bond acceptors (Lipinski definition) is 1. The lowest BCUT2D eigenvalue weighted by atomic mass is 9.99. The number of carbonyl (C=O) groups is 1. The van der Waals surface area contributed by atoms with Gasteiger partial charge in [0.1, 0.15) is 0 Å². The van der Waals surface area contributed by atoms with Gasteiger partial charge in [0, 0.05) is 6.42 Å². The van der Waals surface area contributed by atoms with E-state index in [9.17, 15) is 4.79 Å². The van der Waals surface area contributed by atoms with Crippen LogP contribution in [0.4, 0.5) is 0 Å². The van der Waals surface area contributed by atoms with E-state index < -0.39 is 0 Å². The maximum Gasteiger partial charge on any atom is 0.155 e. The molecule has 1 aliphatic carbocycles. The summed E-state index contributed by atoms with van der Waals surface area (Å²) in [5, 5.41) is 0. The molecular weight excluding hydrogens is 136 g/mol. The van der Waals surface area contributed by atoms with E-state index in [1.807, 2.05) is 6.08 Å². The van der Waals surface area contributed by atoms with Crippen LogP contribution < -0.4 is 0 Å². The van der Waals surface area contributed by atoms with E-state index in [4.69, 9.17) is 0 Å². The highest BCUT2D eigenvalue weighted by Crippen LogP contribution is 2.23. The Morgan fingerprint density at radius 2 is 2.27 bits per heavy atom. The second kappa shape index (κ2) is 3.70. The molecule has 0 aromatic heterocycles. The third-order valence-corrected chi connectivity index (χ3v) is 2.37. The van der Waals surface area contributed by atoms with Crippen LogP contribution in [0.25, 0.3) is 0 Å². The largest absolute Gasteiger partial charge is 0.295 e. The molecule has 11 heavy (non-hydrogen) atoms. The van der Waals surface area contributed by atoms with E-state index in [2.05, 4.69) is 13.8 Å². The van der Waals surface area contributed by atoms with Crippen LogP contribution in [0.2, 0.25) is 0 Å². The average Bonchev–Trinajstić information content (AvgIpc) is 2.35. The molecule has 0 aliphatic heterocycles. The monoisotopic (exact) mass is 152 g/mol. The zero-order valence-electron chi connectivity index (χ0n) is 7.39. The van der Waals surface area contributed by atoms with E-state index in [1.54, 1.807) is 0 Å². The summed E-state index contributed by atoms with van der Waals surface area (Å²) in [4.78, 5) is 10.8. The molecule has 1 rings (SSSR count). The minimum absolute atomic E-state index is 0.323. The Labute approximate surface area is 68.5 Å². The molecule has 1 aliphatic rings. The van der Waals surface area contributed by atoms with Crippen LogP contribution in [0, 0.1) is 5.92 Å². The first kappa shape index (κ1) is 8.51. The molecule has 0 aromatic rings. The minimum atomic E-state index is 0.323. The standard InChI is InChI=1S/C10H16O/c1-3-8(2)6-9-4-5-10(11)7-9/h7-8H,3-6H2,1-2H3/t8-/m1/s1. The zero-order valence-corrected chi connectivity index (χ0v) is 7.39. The van der Waals surface area contributed by atoms with Crippen LogP contribution in [0.1, 0.15) is 39.5 Å². The van der Waals surface area contributed by atoms with Crippen molar-refractivity contribution in [1.29, 1.82) is 0 Å². The summed E-state index contributed by atoms with van der Waals surface area (Å²) in [5.74, 6) is 1.07. The van der Waals surface area contributed by atoms with Gasteiger partial charge in [0.05, 0.1) is 0 Å². The third kappa shape index (κ3) is 2.49. The molecule has 0 heterocycles. The van der Waals surface area contributed by atoms with E-state index in [0.29, 0.717) is 5.78 Å². The SMILES string of the molecule is CC[C@@H](C)CC1=CC(=O)CC1. The third-order valence-electron chi connectivity index (χ3n) is 2.37. The van der Waals surface area contributed by atoms with E-state index in [0.717, 1.165) is 25.2 Å². The van der Waals surface area contributed by atoms with Crippen LogP contribution >= 0.6 is 0 Å². The summed E-state index contributed by atoms with van der Waals surface area (Å²) in [6.07, 6.45) is 5.95. The highest BCUT2D eigenvalue weighted by molar-refractivity contribution is 5.92. The van der Waals surface area contributed by atoms with Gasteiger partial charge in [-0.1, -0.05) is 25.8 Å². The fourth-order valence-electron chi connectivity index (χ4n) is 1.41. The van der Waals surface area contributed by atoms with Crippen molar-refractivity contribution in [2.45, 2.75) is 39.5 Å². The lowest BCUT2D eigenvalue weighted by Crippen LogP contribution is -1.92. The summed E-state index contributed by atoms with van der Waals surface area (Å²) in [6, 6.07) is 0. The van der Waals surface area contributed by atoms with Crippen LogP contribution in [-0.4, -0.2) is 5.78 Å². The van der Waals surface area contributed by atoms with Gasteiger partial charge in [0.2, 0.25) is 0 Å². The van der Waals surface area contributed by atoms with Crippen molar-refractivity contribution >= 4 is 5.78 Å². The van der Waals surface area contributed by atoms with E-state index in [1.165, 1.54) is 12.0 Å². The molecule has 62 valence electrons. The van der Waals surface area contributed by atoms with Crippen LogP contribution in [-0.2, 0) is 4.79 Å². The van der Waals surface area contributed by atoms with E-state index in [-0.39, 0.29) is 0 Å². The predicted octanol–water partition coefficient (Wildman–Crippen LogP) is 2.71. The molecule has 1 atom stereocenters. The molecule has 0 saturated heterocycles. The van der Waals surface area contributed by atoms with E-state index >= 15 is 0 Å². The fourth-order valence-corrected chi connectivity index (χ4v) is 1.41. The molecule has 1 nitrogen and oxygen atoms in total. The van der Waals surface area contributed by atoms with Crippen molar-refractivity contribution in [3.8, 4) is 0 Å². The molecule has 0 N–H and O–H groups in total. The van der Waals surface area contributed by atoms with Crippen LogP contribution in [0.15, 0.2) is 11.6 Å². The predicted molar refractivity (Wildman–Crippen MR) is 46.4 cm³/mol. The van der Waals surface area contributed by atoms with Gasteiger partial charge in [0.25, 0.3) is 0 Å². The van der Waals surface area contributed by atoms with Gasteiger partial charge < -0.3 is 0 Å². The number of rotatable bonds is 3. The van der Waals surface area contributed by atoms with Crippen LogP contribution in [0.3, 0.4) is 0 Å². The van der Waals surface area contributed by atoms with Crippen molar-refractivity contribution in [2.75, 3.05) is 0 Å². The lowest BCUT2D eigenvalue weighted by Gasteiger charge is -2.07. The molecule has 0 aromatic carbocycles. The van der Waals surface area contributed by atoms with Gasteiger partial charge in [-0.25, -0.2) is 0 Å². The number of ketones is 1. The molecule has 0 amide bonds. The van der Waals surface area contributed by atoms with Gasteiger partial charge in [-0.3, -0.25) is 4.79 Å². The Balaban J connectivity index is 2.38. The van der Waals surface area contributed by atoms with Crippen molar-refractivity contribution in [3.63, 3.8) is 0 Å². The number of hydrogen-bond donors (Lipinski definition) is 0. The van der Waals surface area contributed by atoms with Crippen molar-refractivity contribution in [3.05, 3.63) is 11.6 Å². The molecule has 1 heteroatoms. The Kier molecular flexibility index (Phi) is 2.86. The highest BCUT2D eigenvalue weighted by atomic mass is 16.1. The van der Waals surface area contributed by atoms with Gasteiger partial charge in [0.15, 0.2) is 5.78 Å². The second-order valence-electron chi connectivity index (χ2n) is 3.49. The summed E-state index contributed by atoms with van der Waals surface area (Å²) in [5.41, 5.74) is 1.37. The van der Waals surface area contributed by atoms with Gasteiger partial charge in [-0.2, -0.15) is 0 Å². The Morgan fingerprint density at radius 1 is 1.55 bits per heavy atom. The Bertz CT molecular complexity index is 179. The average molecular weight is 152 g/mol. The second-order valence-corrected chi connectivity index (χ2v) is 3.49. The Morgan fingerprint density at radius 3 is 2.73 bits per heavy atom. The van der Waals surface area contributed by atoms with Crippen molar-refractivity contribution in [2.24, 2.45) is 5.92 Å². The van der Waals surface area contributed by atoms with Crippen LogP contribution in [0.5, 0.6) is 0 Å². The first-order valence-electron chi connectivity index (χ1n) is 4.44. The highest BCUT2D eigenvalue weighted by Gasteiger charge is 2.13. The van der Waals surface area contributed by atoms with Gasteiger partial charge >= 0.3 is 0 Å². The van der Waals surface area contributed by atoms with Gasteiger partial charge in [-0.15, -0.1) is 0 Å². The molecule has 0 spiro atoms. The van der Waals surface area contributed by atoms with Crippen molar-refractivity contribution < 1.29 is 4.79 Å².